The predicted molar refractivity (Wildman–Crippen MR) is 82.9 cm³/mol. The van der Waals surface area contributed by atoms with Crippen LogP contribution >= 0.6 is 17.6 Å². The van der Waals surface area contributed by atoms with Crippen molar-refractivity contribution in [3.8, 4) is 0 Å². The molecule has 1 aliphatic heterocycles. The van der Waals surface area contributed by atoms with E-state index >= 15 is 0 Å². The maximum absolute atomic E-state index is 5.83. The number of rotatable bonds is 8. The average molecular weight is 326 g/mol. The fourth-order valence-corrected chi connectivity index (χ4v) is 3.63. The highest BCUT2D eigenvalue weighted by molar-refractivity contribution is 7.41. The Kier molecular flexibility index (Phi) is 9.01. The van der Waals surface area contributed by atoms with Crippen LogP contribution in [0.15, 0.2) is 0 Å². The molecular formula is C13H28O5P2. The third kappa shape index (κ3) is 8.19. The summed E-state index contributed by atoms with van der Waals surface area (Å²) in [4.78, 5) is 0. The minimum absolute atomic E-state index is 0.0393. The summed E-state index contributed by atoms with van der Waals surface area (Å²) < 4.78 is 28.2. The zero-order valence-corrected chi connectivity index (χ0v) is 15.2. The smallest absolute Gasteiger partial charge is 0.333 e. The highest BCUT2D eigenvalue weighted by Crippen LogP contribution is 2.48. The molecule has 0 bridgehead atoms. The lowest BCUT2D eigenvalue weighted by Crippen LogP contribution is -2.25. The van der Waals surface area contributed by atoms with Gasteiger partial charge in [-0.3, -0.25) is 0 Å². The second-order valence-electron chi connectivity index (χ2n) is 5.62. The van der Waals surface area contributed by atoms with Crippen molar-refractivity contribution in [1.82, 2.24) is 0 Å². The Balaban J connectivity index is 2.19. The molecule has 0 radical (unpaired) electrons. The molecule has 1 saturated heterocycles. The maximum atomic E-state index is 5.83. The first-order chi connectivity index (χ1) is 9.36. The molecule has 1 aliphatic rings. The summed E-state index contributed by atoms with van der Waals surface area (Å²) in [7, 11) is -1.15. The summed E-state index contributed by atoms with van der Waals surface area (Å²) in [6.45, 7) is 12.1. The quantitative estimate of drug-likeness (QED) is 0.612. The van der Waals surface area contributed by atoms with Gasteiger partial charge in [0.05, 0.1) is 30.5 Å². The van der Waals surface area contributed by atoms with E-state index in [-0.39, 0.29) is 39.6 Å². The highest BCUT2D eigenvalue weighted by atomic mass is 31.2. The van der Waals surface area contributed by atoms with E-state index in [0.717, 1.165) is 12.8 Å². The largest absolute Gasteiger partial charge is 0.334 e. The van der Waals surface area contributed by atoms with E-state index in [1.54, 1.807) is 0 Å². The van der Waals surface area contributed by atoms with Gasteiger partial charge < -0.3 is 22.6 Å². The van der Waals surface area contributed by atoms with Crippen molar-refractivity contribution in [3.05, 3.63) is 0 Å². The fraction of sp³-hybridized carbons (Fsp3) is 1.00. The maximum Gasteiger partial charge on any atom is 0.333 e. The first kappa shape index (κ1) is 18.7. The lowest BCUT2D eigenvalue weighted by molar-refractivity contribution is 0.0145. The van der Waals surface area contributed by atoms with Crippen LogP contribution < -0.4 is 0 Å². The molecule has 5 unspecified atom stereocenters. The molecule has 0 aromatic heterocycles. The molecule has 0 aromatic rings. The topological polar surface area (TPSA) is 46.2 Å². The van der Waals surface area contributed by atoms with Gasteiger partial charge in [-0.05, 0) is 41.5 Å². The highest BCUT2D eigenvalue weighted by Gasteiger charge is 2.29. The van der Waals surface area contributed by atoms with E-state index in [0.29, 0.717) is 0 Å². The Morgan fingerprint density at radius 1 is 1.05 bits per heavy atom. The Labute approximate surface area is 126 Å². The van der Waals surface area contributed by atoms with Crippen LogP contribution in [0.5, 0.6) is 0 Å². The van der Waals surface area contributed by atoms with Crippen molar-refractivity contribution in [2.45, 2.75) is 84.9 Å². The van der Waals surface area contributed by atoms with Crippen LogP contribution in [0.3, 0.4) is 0 Å². The van der Waals surface area contributed by atoms with E-state index in [1.807, 2.05) is 27.7 Å². The molecule has 0 aliphatic carbocycles. The molecule has 1 heterocycles. The van der Waals surface area contributed by atoms with Crippen LogP contribution in [0.25, 0.3) is 0 Å². The Bertz CT molecular complexity index is 257. The van der Waals surface area contributed by atoms with Crippen LogP contribution in [0, 0.1) is 0 Å². The summed E-state index contributed by atoms with van der Waals surface area (Å²) >= 11 is 0. The minimum Gasteiger partial charge on any atom is -0.334 e. The molecule has 0 aromatic carbocycles. The van der Waals surface area contributed by atoms with Crippen molar-refractivity contribution in [2.75, 3.05) is 0 Å². The van der Waals surface area contributed by atoms with Crippen LogP contribution in [-0.2, 0) is 22.6 Å². The van der Waals surface area contributed by atoms with Gasteiger partial charge in [0.2, 0.25) is 0 Å². The first-order valence-corrected chi connectivity index (χ1v) is 9.14. The van der Waals surface area contributed by atoms with Gasteiger partial charge in [0, 0.05) is 12.8 Å². The molecule has 120 valence electrons. The molecule has 5 nitrogen and oxygen atoms in total. The molecule has 1 fully saturated rings. The number of hydrogen-bond donors (Lipinski definition) is 0. The van der Waals surface area contributed by atoms with Gasteiger partial charge in [-0.2, -0.15) is 0 Å². The minimum atomic E-state index is -1.23. The predicted octanol–water partition coefficient (Wildman–Crippen LogP) is 4.56. The third-order valence-electron chi connectivity index (χ3n) is 2.66. The zero-order valence-electron chi connectivity index (χ0n) is 13.3. The Hall–Kier alpha value is 0.660. The van der Waals surface area contributed by atoms with Gasteiger partial charge in [0.15, 0.2) is 9.03 Å². The van der Waals surface area contributed by atoms with Crippen molar-refractivity contribution in [2.24, 2.45) is 0 Å². The SMILES string of the molecule is CC(C)OPOC(C)CC(C)OP1OC(C)CC(C)O1. The molecule has 0 N–H and O–H groups in total. The summed E-state index contributed by atoms with van der Waals surface area (Å²) in [6.07, 6.45) is 2.45. The van der Waals surface area contributed by atoms with Crippen LogP contribution in [0.1, 0.15) is 54.4 Å². The standard InChI is InChI=1S/C13H28O5P2/c1-9(2)14-19-15-10(3)7-11(4)16-20-17-12(5)8-13(6)18-20/h9-13,19H,7-8H2,1-6H3. The van der Waals surface area contributed by atoms with Crippen LogP contribution in [-0.4, -0.2) is 30.5 Å². The van der Waals surface area contributed by atoms with E-state index in [2.05, 4.69) is 13.8 Å². The van der Waals surface area contributed by atoms with Crippen molar-refractivity contribution >= 4 is 17.6 Å². The molecule has 0 spiro atoms. The van der Waals surface area contributed by atoms with Gasteiger partial charge in [0.25, 0.3) is 0 Å². The second kappa shape index (κ2) is 9.63. The lowest BCUT2D eigenvalue weighted by Gasteiger charge is -2.32. The van der Waals surface area contributed by atoms with E-state index in [4.69, 9.17) is 22.6 Å². The molecule has 20 heavy (non-hydrogen) atoms. The van der Waals surface area contributed by atoms with Gasteiger partial charge in [-0.25, -0.2) is 0 Å². The zero-order chi connectivity index (χ0) is 15.1. The molecule has 0 amide bonds. The molecular weight excluding hydrogens is 298 g/mol. The van der Waals surface area contributed by atoms with E-state index in [9.17, 15) is 0 Å². The molecule has 5 atom stereocenters. The fourth-order valence-electron chi connectivity index (χ4n) is 1.83. The summed E-state index contributed by atoms with van der Waals surface area (Å²) in [5.74, 6) is 0. The van der Waals surface area contributed by atoms with Crippen LogP contribution in [0.4, 0.5) is 0 Å². The van der Waals surface area contributed by atoms with Gasteiger partial charge in [0.1, 0.15) is 0 Å². The second-order valence-corrected chi connectivity index (χ2v) is 7.34. The first-order valence-electron chi connectivity index (χ1n) is 7.23. The normalized spacial score (nSPS) is 31.1. The number of hydrogen-bond acceptors (Lipinski definition) is 5. The molecule has 1 rings (SSSR count). The monoisotopic (exact) mass is 326 g/mol. The average Bonchev–Trinajstić information content (AvgIpc) is 2.25. The molecule has 7 heteroatoms. The van der Waals surface area contributed by atoms with Gasteiger partial charge in [-0.15, -0.1) is 0 Å². The van der Waals surface area contributed by atoms with Crippen molar-refractivity contribution in [1.29, 1.82) is 0 Å². The lowest BCUT2D eigenvalue weighted by atomic mass is 10.2. The van der Waals surface area contributed by atoms with Crippen molar-refractivity contribution in [3.63, 3.8) is 0 Å². The van der Waals surface area contributed by atoms with E-state index < -0.39 is 8.60 Å². The van der Waals surface area contributed by atoms with Gasteiger partial charge in [-0.1, -0.05) is 0 Å². The molecule has 0 saturated carbocycles. The summed E-state index contributed by atoms with van der Waals surface area (Å²) in [5, 5.41) is 0. The summed E-state index contributed by atoms with van der Waals surface area (Å²) in [6, 6.07) is 0. The van der Waals surface area contributed by atoms with E-state index in [1.165, 1.54) is 0 Å². The van der Waals surface area contributed by atoms with Crippen molar-refractivity contribution < 1.29 is 22.6 Å². The Morgan fingerprint density at radius 3 is 2.20 bits per heavy atom. The van der Waals surface area contributed by atoms with Gasteiger partial charge >= 0.3 is 8.60 Å². The third-order valence-corrected chi connectivity index (χ3v) is 5.32. The Morgan fingerprint density at radius 2 is 1.65 bits per heavy atom. The van der Waals surface area contributed by atoms with Crippen LogP contribution in [0.2, 0.25) is 0 Å². The summed E-state index contributed by atoms with van der Waals surface area (Å²) in [5.41, 5.74) is 0.